The molecule has 0 fully saturated rings. The fraction of sp³-hybridized carbons (Fsp3) is 0.536. The summed E-state index contributed by atoms with van der Waals surface area (Å²) in [7, 11) is 1.61. The molecule has 34 heavy (non-hydrogen) atoms. The standard InChI is InChI=1S/C24H32O5S.4CH4/c1-5-7-19-21(11-10-18(16(3)26)24(19)28-4)29-15-30-22-12-9-17(13-14-25)23(27)20(22)8-6-2;;;;/h9-12,14,16,26-27H,5-8,13,15H2,1-4H3;4*1H4. The summed E-state index contributed by atoms with van der Waals surface area (Å²) in [4.78, 5) is 11.8. The second kappa shape index (κ2) is 18.2. The number of benzene rings is 2. The molecule has 2 N–H and O–H groups in total. The number of thioether (sulfide) groups is 1. The van der Waals surface area contributed by atoms with Crippen LogP contribution < -0.4 is 9.47 Å². The minimum Gasteiger partial charge on any atom is -0.507 e. The molecule has 0 heterocycles. The first-order chi connectivity index (χ1) is 14.5. The molecule has 0 aliphatic rings. The Kier molecular flexibility index (Phi) is 19.5. The zero-order valence-electron chi connectivity index (χ0n) is 18.2. The van der Waals surface area contributed by atoms with Crippen molar-refractivity contribution < 1.29 is 24.5 Å². The van der Waals surface area contributed by atoms with Gasteiger partial charge in [-0.3, -0.25) is 0 Å². The molecule has 0 radical (unpaired) electrons. The Morgan fingerprint density at radius 1 is 1.00 bits per heavy atom. The monoisotopic (exact) mass is 496 g/mol. The van der Waals surface area contributed by atoms with Crippen molar-refractivity contribution in [2.45, 2.75) is 93.6 Å². The van der Waals surface area contributed by atoms with Gasteiger partial charge in [-0.15, -0.1) is 0 Å². The van der Waals surface area contributed by atoms with Crippen molar-refractivity contribution in [1.82, 2.24) is 0 Å². The van der Waals surface area contributed by atoms with Gasteiger partial charge in [-0.1, -0.05) is 74.2 Å². The number of aromatic hydroxyl groups is 1. The molecule has 1 atom stereocenters. The van der Waals surface area contributed by atoms with Crippen LogP contribution >= 0.6 is 11.8 Å². The molecule has 0 aromatic heterocycles. The highest BCUT2D eigenvalue weighted by atomic mass is 32.2. The van der Waals surface area contributed by atoms with Gasteiger partial charge in [-0.25, -0.2) is 0 Å². The third kappa shape index (κ3) is 8.88. The number of aliphatic hydroxyl groups excluding tert-OH is 1. The molecule has 0 saturated heterocycles. The van der Waals surface area contributed by atoms with Gasteiger partial charge in [0.25, 0.3) is 0 Å². The van der Waals surface area contributed by atoms with Gasteiger partial charge < -0.3 is 24.5 Å². The third-order valence-electron chi connectivity index (χ3n) is 4.96. The number of rotatable bonds is 12. The lowest BCUT2D eigenvalue weighted by Gasteiger charge is -2.19. The van der Waals surface area contributed by atoms with Gasteiger partial charge in [-0.05, 0) is 38.0 Å². The minimum absolute atomic E-state index is 0. The zero-order chi connectivity index (χ0) is 22.1. The maximum absolute atomic E-state index is 10.9. The largest absolute Gasteiger partial charge is 0.507 e. The van der Waals surface area contributed by atoms with Gasteiger partial charge >= 0.3 is 0 Å². The van der Waals surface area contributed by atoms with Crippen LogP contribution in [0, 0.1) is 0 Å². The van der Waals surface area contributed by atoms with E-state index in [-0.39, 0.29) is 41.9 Å². The molecular formula is C28H48O5S. The van der Waals surface area contributed by atoms with Crippen LogP contribution in [0.1, 0.15) is 91.7 Å². The number of aldehydes is 1. The average Bonchev–Trinajstić information content (AvgIpc) is 2.73. The van der Waals surface area contributed by atoms with Crippen molar-refractivity contribution in [3.05, 3.63) is 46.5 Å². The topological polar surface area (TPSA) is 76.0 Å². The van der Waals surface area contributed by atoms with E-state index in [1.807, 2.05) is 18.2 Å². The zero-order valence-corrected chi connectivity index (χ0v) is 19.1. The maximum atomic E-state index is 10.9. The van der Waals surface area contributed by atoms with E-state index < -0.39 is 6.10 Å². The van der Waals surface area contributed by atoms with E-state index in [9.17, 15) is 15.0 Å². The molecule has 0 spiro atoms. The fourth-order valence-corrected chi connectivity index (χ4v) is 4.37. The summed E-state index contributed by atoms with van der Waals surface area (Å²) in [5.41, 5.74) is 3.22. The van der Waals surface area contributed by atoms with E-state index in [1.165, 1.54) is 11.8 Å². The first-order valence-corrected chi connectivity index (χ1v) is 11.4. The van der Waals surface area contributed by atoms with Gasteiger partial charge in [0, 0.05) is 33.6 Å². The summed E-state index contributed by atoms with van der Waals surface area (Å²) in [6.07, 6.45) is 3.73. The first kappa shape index (κ1) is 36.4. The van der Waals surface area contributed by atoms with Crippen LogP contribution in [0.5, 0.6) is 17.2 Å². The SMILES string of the molecule is C.C.C.C.CCCc1c(SCOc2ccc(C(C)O)c(OC)c2CCC)ccc(CC=O)c1O. The molecule has 2 aromatic rings. The molecule has 0 aliphatic carbocycles. The van der Waals surface area contributed by atoms with Crippen molar-refractivity contribution in [3.8, 4) is 17.2 Å². The normalized spacial score (nSPS) is 10.5. The molecule has 196 valence electrons. The molecule has 2 aromatic carbocycles. The molecule has 0 amide bonds. The number of phenols is 1. The first-order valence-electron chi connectivity index (χ1n) is 10.4. The van der Waals surface area contributed by atoms with Crippen molar-refractivity contribution >= 4 is 18.0 Å². The summed E-state index contributed by atoms with van der Waals surface area (Å²) in [5, 5.41) is 20.6. The minimum atomic E-state index is -0.622. The van der Waals surface area contributed by atoms with Crippen LogP contribution in [0.25, 0.3) is 0 Å². The highest BCUT2D eigenvalue weighted by Crippen LogP contribution is 2.38. The Morgan fingerprint density at radius 2 is 1.62 bits per heavy atom. The van der Waals surface area contributed by atoms with Crippen LogP contribution in [-0.2, 0) is 24.1 Å². The van der Waals surface area contributed by atoms with Gasteiger partial charge in [0.05, 0.1) is 13.2 Å². The number of carbonyl (C=O) groups excluding carboxylic acids is 1. The van der Waals surface area contributed by atoms with Crippen LogP contribution in [0.3, 0.4) is 0 Å². The highest BCUT2D eigenvalue weighted by molar-refractivity contribution is 7.99. The lowest BCUT2D eigenvalue weighted by molar-refractivity contribution is -0.107. The Balaban J connectivity index is -0.00000240. The smallest absolute Gasteiger partial charge is 0.138 e. The Hall–Kier alpha value is -2.18. The molecule has 1 unspecified atom stereocenters. The lowest BCUT2D eigenvalue weighted by atomic mass is 10.0. The molecule has 0 bridgehead atoms. The summed E-state index contributed by atoms with van der Waals surface area (Å²) in [6.45, 7) is 5.87. The second-order valence-corrected chi connectivity index (χ2v) is 8.13. The van der Waals surface area contributed by atoms with Crippen molar-refractivity contribution in [1.29, 1.82) is 0 Å². The number of carbonyl (C=O) groups is 1. The van der Waals surface area contributed by atoms with E-state index in [0.717, 1.165) is 59.3 Å². The number of phenolic OH excluding ortho intramolecular Hbond substituents is 1. The maximum Gasteiger partial charge on any atom is 0.138 e. The third-order valence-corrected chi connectivity index (χ3v) is 5.89. The molecule has 0 aliphatic heterocycles. The van der Waals surface area contributed by atoms with Crippen molar-refractivity contribution in [3.63, 3.8) is 0 Å². The van der Waals surface area contributed by atoms with E-state index in [4.69, 9.17) is 9.47 Å². The van der Waals surface area contributed by atoms with E-state index in [1.54, 1.807) is 20.1 Å². The highest BCUT2D eigenvalue weighted by Gasteiger charge is 2.18. The quantitative estimate of drug-likeness (QED) is 0.177. The fourth-order valence-electron chi connectivity index (χ4n) is 3.52. The van der Waals surface area contributed by atoms with Crippen LogP contribution in [0.4, 0.5) is 0 Å². The number of methoxy groups -OCH3 is 1. The molecule has 2 rings (SSSR count). The van der Waals surface area contributed by atoms with Crippen LogP contribution in [-0.4, -0.2) is 29.5 Å². The summed E-state index contributed by atoms with van der Waals surface area (Å²) >= 11 is 1.51. The predicted molar refractivity (Wildman–Crippen MR) is 148 cm³/mol. The van der Waals surface area contributed by atoms with E-state index in [0.29, 0.717) is 17.3 Å². The summed E-state index contributed by atoms with van der Waals surface area (Å²) in [6, 6.07) is 7.47. The van der Waals surface area contributed by atoms with Crippen LogP contribution in [0.2, 0.25) is 0 Å². The Bertz CT molecular complexity index is 849. The molecule has 5 nitrogen and oxygen atoms in total. The van der Waals surface area contributed by atoms with Gasteiger partial charge in [0.15, 0.2) is 0 Å². The average molecular weight is 497 g/mol. The van der Waals surface area contributed by atoms with Gasteiger partial charge in [0.1, 0.15) is 29.5 Å². The van der Waals surface area contributed by atoms with Crippen molar-refractivity contribution in [2.24, 2.45) is 0 Å². The van der Waals surface area contributed by atoms with E-state index >= 15 is 0 Å². The molecule has 0 saturated carbocycles. The Labute approximate surface area is 212 Å². The predicted octanol–water partition coefficient (Wildman–Crippen LogP) is 7.77. The van der Waals surface area contributed by atoms with Crippen molar-refractivity contribution in [2.75, 3.05) is 13.0 Å². The molecular weight excluding hydrogens is 448 g/mol. The number of ether oxygens (including phenoxy) is 2. The van der Waals surface area contributed by atoms with Crippen LogP contribution in [0.15, 0.2) is 29.2 Å². The number of hydrogen-bond donors (Lipinski definition) is 2. The number of hydrogen-bond acceptors (Lipinski definition) is 6. The number of aliphatic hydroxyl groups is 1. The lowest BCUT2D eigenvalue weighted by Crippen LogP contribution is -2.05. The van der Waals surface area contributed by atoms with E-state index in [2.05, 4.69) is 13.8 Å². The summed E-state index contributed by atoms with van der Waals surface area (Å²) in [5.74, 6) is 2.00. The molecule has 6 heteroatoms. The second-order valence-electron chi connectivity index (χ2n) is 7.17. The van der Waals surface area contributed by atoms with Gasteiger partial charge in [-0.2, -0.15) is 0 Å². The summed E-state index contributed by atoms with van der Waals surface area (Å²) < 4.78 is 11.7. The van der Waals surface area contributed by atoms with Gasteiger partial charge in [0.2, 0.25) is 0 Å². The Morgan fingerprint density at radius 3 is 2.15 bits per heavy atom.